The Kier molecular flexibility index (Phi) is 5.49. The van der Waals surface area contributed by atoms with Crippen LogP contribution in [0.2, 0.25) is 0 Å². The monoisotopic (exact) mass is 404 g/mol. The van der Waals surface area contributed by atoms with Crippen LogP contribution in [0.25, 0.3) is 0 Å². The molecule has 1 aromatic rings. The molecule has 0 unspecified atom stereocenters. The Balaban J connectivity index is 1.78. The second kappa shape index (κ2) is 7.52. The molecule has 0 bridgehead atoms. The molecule has 0 N–H and O–H groups in total. The van der Waals surface area contributed by atoms with Gasteiger partial charge in [-0.05, 0) is 12.8 Å². The Bertz CT molecular complexity index is 942. The first-order valence-corrected chi connectivity index (χ1v) is 10.4. The average molecular weight is 404 g/mol. The molecule has 2 saturated heterocycles. The van der Waals surface area contributed by atoms with Crippen LogP contribution < -0.4 is 11.2 Å². The molecule has 12 heteroatoms. The zero-order valence-electron chi connectivity index (χ0n) is 14.8. The molecule has 0 aromatic carbocycles. The van der Waals surface area contributed by atoms with E-state index in [-0.39, 0.29) is 26.2 Å². The number of aromatic nitrogens is 2. The van der Waals surface area contributed by atoms with E-state index in [2.05, 4.69) is 0 Å². The molecule has 1 atom stereocenters. The molecular weight excluding hydrogens is 383 g/mol. The molecule has 2 aliphatic heterocycles. The fraction of sp³-hybridized carbons (Fsp3) is 0.667. The number of piperazine rings is 1. The average Bonchev–Trinajstić information content (AvgIpc) is 3.15. The summed E-state index contributed by atoms with van der Waals surface area (Å²) in [7, 11) is -3.34. The maximum Gasteiger partial charge on any atom is 0.333 e. The third kappa shape index (κ3) is 4.12. The Morgan fingerprint density at radius 3 is 2.48 bits per heavy atom. The van der Waals surface area contributed by atoms with E-state index in [0.717, 1.165) is 17.0 Å². The van der Waals surface area contributed by atoms with Gasteiger partial charge in [0.25, 0.3) is 5.56 Å². The molecule has 0 radical (unpaired) electrons. The third-order valence-electron chi connectivity index (χ3n) is 4.72. The molecule has 0 spiro atoms. The first-order chi connectivity index (χ1) is 12.7. The second-order valence-electron chi connectivity index (χ2n) is 6.57. The van der Waals surface area contributed by atoms with Crippen LogP contribution in [0.3, 0.4) is 0 Å². The van der Waals surface area contributed by atoms with Gasteiger partial charge in [0, 0.05) is 32.8 Å². The lowest BCUT2D eigenvalue weighted by Gasteiger charge is -2.33. The highest BCUT2D eigenvalue weighted by Gasteiger charge is 2.28. The number of hydrogen-bond acceptors (Lipinski definition) is 6. The van der Waals surface area contributed by atoms with E-state index in [0.29, 0.717) is 24.0 Å². The molecule has 10 nitrogen and oxygen atoms in total. The molecule has 2 aliphatic rings. The first kappa shape index (κ1) is 19.7. The predicted octanol–water partition coefficient (Wildman–Crippen LogP) is -1.44. The first-order valence-electron chi connectivity index (χ1n) is 8.54. The van der Waals surface area contributed by atoms with Crippen LogP contribution in [0.1, 0.15) is 19.1 Å². The lowest BCUT2D eigenvalue weighted by Crippen LogP contribution is -2.52. The van der Waals surface area contributed by atoms with Crippen molar-refractivity contribution in [2.75, 3.05) is 39.0 Å². The van der Waals surface area contributed by atoms with Crippen LogP contribution >= 0.6 is 0 Å². The summed E-state index contributed by atoms with van der Waals surface area (Å²) < 4.78 is 45.2. The van der Waals surface area contributed by atoms with Crippen molar-refractivity contribution >= 4 is 15.9 Å². The Morgan fingerprint density at radius 1 is 1.26 bits per heavy atom. The summed E-state index contributed by atoms with van der Waals surface area (Å²) >= 11 is 0. The number of sulfonamides is 1. The van der Waals surface area contributed by atoms with E-state index in [9.17, 15) is 27.2 Å². The van der Waals surface area contributed by atoms with Crippen molar-refractivity contribution in [1.29, 1.82) is 0 Å². The summed E-state index contributed by atoms with van der Waals surface area (Å²) in [4.78, 5) is 38.4. The highest BCUT2D eigenvalue weighted by Crippen LogP contribution is 2.20. The standard InChI is InChI=1S/C15H21FN4O6S/c1-27(24,25)18-6-4-17(5-7-18)12(21)10-20-14(22)11(16)9-19(15(20)23)13-3-2-8-26-13/h9,13H,2-8,10H2,1H3/t13-/m0/s1. The topological polar surface area (TPSA) is 111 Å². The zero-order chi connectivity index (χ0) is 19.8. The van der Waals surface area contributed by atoms with Gasteiger partial charge in [0.05, 0.1) is 12.5 Å². The second-order valence-corrected chi connectivity index (χ2v) is 8.55. The highest BCUT2D eigenvalue weighted by molar-refractivity contribution is 7.88. The predicted molar refractivity (Wildman–Crippen MR) is 92.1 cm³/mol. The lowest BCUT2D eigenvalue weighted by molar-refractivity contribution is -0.133. The molecule has 0 aliphatic carbocycles. The van der Waals surface area contributed by atoms with Gasteiger partial charge in [-0.1, -0.05) is 0 Å². The van der Waals surface area contributed by atoms with Gasteiger partial charge in [0.1, 0.15) is 12.8 Å². The van der Waals surface area contributed by atoms with Gasteiger partial charge in [-0.3, -0.25) is 14.2 Å². The van der Waals surface area contributed by atoms with Crippen LogP contribution in [0.4, 0.5) is 4.39 Å². The number of hydrogen-bond donors (Lipinski definition) is 0. The van der Waals surface area contributed by atoms with Crippen LogP contribution in [0.15, 0.2) is 15.8 Å². The van der Waals surface area contributed by atoms with E-state index in [1.807, 2.05) is 0 Å². The Labute approximate surface area is 154 Å². The van der Waals surface area contributed by atoms with Crippen molar-refractivity contribution in [3.05, 3.63) is 32.9 Å². The number of amides is 1. The number of carbonyl (C=O) groups is 1. The number of ether oxygens (including phenoxy) is 1. The minimum Gasteiger partial charge on any atom is -0.358 e. The van der Waals surface area contributed by atoms with Crippen molar-refractivity contribution in [3.8, 4) is 0 Å². The third-order valence-corrected chi connectivity index (χ3v) is 6.03. The normalized spacial score (nSPS) is 21.6. The van der Waals surface area contributed by atoms with E-state index in [4.69, 9.17) is 4.74 Å². The molecule has 27 heavy (non-hydrogen) atoms. The number of carbonyl (C=O) groups excluding carboxylic acids is 1. The highest BCUT2D eigenvalue weighted by atomic mass is 32.2. The molecule has 150 valence electrons. The van der Waals surface area contributed by atoms with Gasteiger partial charge in [-0.25, -0.2) is 17.8 Å². The summed E-state index contributed by atoms with van der Waals surface area (Å²) in [6.45, 7) is 0.347. The van der Waals surface area contributed by atoms with Crippen molar-refractivity contribution in [3.63, 3.8) is 0 Å². The smallest absolute Gasteiger partial charge is 0.333 e. The molecule has 3 heterocycles. The largest absolute Gasteiger partial charge is 0.358 e. The van der Waals surface area contributed by atoms with Crippen molar-refractivity contribution < 1.29 is 22.3 Å². The number of halogens is 1. The van der Waals surface area contributed by atoms with Gasteiger partial charge in [-0.2, -0.15) is 8.70 Å². The fourth-order valence-electron chi connectivity index (χ4n) is 3.22. The van der Waals surface area contributed by atoms with Crippen LogP contribution in [-0.2, 0) is 26.1 Å². The van der Waals surface area contributed by atoms with Crippen molar-refractivity contribution in [2.24, 2.45) is 0 Å². The molecular formula is C15H21FN4O6S. The molecule has 1 amide bonds. The SMILES string of the molecule is CS(=O)(=O)N1CCN(C(=O)Cn2c(=O)c(F)cn([C@@H]3CCCO3)c2=O)CC1. The van der Waals surface area contributed by atoms with Gasteiger partial charge >= 0.3 is 5.69 Å². The summed E-state index contributed by atoms with van der Waals surface area (Å²) in [6.07, 6.45) is 2.46. The van der Waals surface area contributed by atoms with Gasteiger partial charge < -0.3 is 9.64 Å². The number of nitrogens with zero attached hydrogens (tertiary/aromatic N) is 4. The quantitative estimate of drug-likeness (QED) is 0.608. The minimum atomic E-state index is -3.34. The van der Waals surface area contributed by atoms with Crippen LogP contribution in [-0.4, -0.2) is 71.7 Å². The maximum absolute atomic E-state index is 14.0. The summed E-state index contributed by atoms with van der Waals surface area (Å²) in [6, 6.07) is 0. The van der Waals surface area contributed by atoms with Gasteiger partial charge in [-0.15, -0.1) is 0 Å². The van der Waals surface area contributed by atoms with E-state index < -0.39 is 45.8 Å². The van der Waals surface area contributed by atoms with Crippen LogP contribution in [0.5, 0.6) is 0 Å². The van der Waals surface area contributed by atoms with Crippen LogP contribution in [0, 0.1) is 5.82 Å². The molecule has 0 saturated carbocycles. The zero-order valence-corrected chi connectivity index (χ0v) is 15.7. The maximum atomic E-state index is 14.0. The van der Waals surface area contributed by atoms with E-state index in [1.54, 1.807) is 0 Å². The summed E-state index contributed by atoms with van der Waals surface area (Å²) in [5, 5.41) is 0. The minimum absolute atomic E-state index is 0.128. The number of rotatable bonds is 4. The lowest BCUT2D eigenvalue weighted by atomic mass is 10.3. The van der Waals surface area contributed by atoms with Gasteiger partial charge in [0.15, 0.2) is 0 Å². The van der Waals surface area contributed by atoms with Crippen molar-refractivity contribution in [2.45, 2.75) is 25.6 Å². The molecule has 3 rings (SSSR count). The Morgan fingerprint density at radius 2 is 1.93 bits per heavy atom. The Hall–Kier alpha value is -2.05. The van der Waals surface area contributed by atoms with Crippen molar-refractivity contribution in [1.82, 2.24) is 18.3 Å². The van der Waals surface area contributed by atoms with E-state index in [1.165, 1.54) is 9.21 Å². The summed E-state index contributed by atoms with van der Waals surface area (Å²) in [5.41, 5.74) is -1.98. The van der Waals surface area contributed by atoms with Gasteiger partial charge in [0.2, 0.25) is 21.7 Å². The fourth-order valence-corrected chi connectivity index (χ4v) is 4.04. The molecule has 1 aromatic heterocycles. The summed E-state index contributed by atoms with van der Waals surface area (Å²) in [5.74, 6) is -1.69. The van der Waals surface area contributed by atoms with E-state index >= 15 is 0 Å². The molecule has 2 fully saturated rings.